The van der Waals surface area contributed by atoms with Crippen molar-refractivity contribution in [1.82, 2.24) is 0 Å². The fraction of sp³-hybridized carbons (Fsp3) is 0.875. The Labute approximate surface area is 75.6 Å². The molecule has 4 N–H and O–H groups in total. The van der Waals surface area contributed by atoms with Gasteiger partial charge >= 0.3 is 5.97 Å². The van der Waals surface area contributed by atoms with Gasteiger partial charge in [0.15, 0.2) is 5.60 Å². The number of aliphatic carboxylic acids is 1. The Morgan fingerprint density at radius 3 is 2.31 bits per heavy atom. The summed E-state index contributed by atoms with van der Waals surface area (Å²) in [6.45, 7) is 1.60. The van der Waals surface area contributed by atoms with E-state index in [1.807, 2.05) is 0 Å². The van der Waals surface area contributed by atoms with Crippen LogP contribution < -0.4 is 0 Å². The third-order valence-corrected chi connectivity index (χ3v) is 2.58. The molecule has 0 aliphatic heterocycles. The summed E-state index contributed by atoms with van der Waals surface area (Å²) in [5, 5.41) is 36.8. The normalized spacial score (nSPS) is 46.0. The maximum absolute atomic E-state index is 10.6. The van der Waals surface area contributed by atoms with Gasteiger partial charge in [-0.25, -0.2) is 4.79 Å². The molecule has 1 saturated carbocycles. The molecule has 1 aliphatic rings. The molecule has 0 unspecified atom stereocenters. The largest absolute Gasteiger partial charge is 0.479 e. The summed E-state index contributed by atoms with van der Waals surface area (Å²) in [7, 11) is 0. The van der Waals surface area contributed by atoms with Crippen molar-refractivity contribution in [1.29, 1.82) is 0 Å². The summed E-state index contributed by atoms with van der Waals surface area (Å²) in [6.07, 6.45) is -2.45. The average molecular weight is 190 g/mol. The number of aliphatic hydroxyl groups is 3. The highest BCUT2D eigenvalue weighted by Gasteiger charge is 2.47. The Hall–Kier alpha value is -0.650. The first-order valence-corrected chi connectivity index (χ1v) is 4.19. The van der Waals surface area contributed by atoms with E-state index in [9.17, 15) is 20.1 Å². The molecule has 1 aliphatic carbocycles. The maximum atomic E-state index is 10.6. The second kappa shape index (κ2) is 3.25. The third-order valence-electron chi connectivity index (χ3n) is 2.58. The van der Waals surface area contributed by atoms with Crippen LogP contribution in [0.1, 0.15) is 19.8 Å². The second-order valence-corrected chi connectivity index (χ2v) is 3.78. The van der Waals surface area contributed by atoms with Crippen molar-refractivity contribution >= 4 is 5.97 Å². The monoisotopic (exact) mass is 190 g/mol. The lowest BCUT2D eigenvalue weighted by molar-refractivity contribution is -0.177. The molecule has 1 rings (SSSR count). The molecule has 0 aromatic heterocycles. The van der Waals surface area contributed by atoms with Gasteiger partial charge in [0.2, 0.25) is 0 Å². The van der Waals surface area contributed by atoms with Gasteiger partial charge in [0.25, 0.3) is 0 Å². The minimum absolute atomic E-state index is 0.0272. The molecule has 5 heteroatoms. The number of carboxylic acids is 1. The predicted molar refractivity (Wildman–Crippen MR) is 43.0 cm³/mol. The minimum atomic E-state index is -1.89. The molecule has 0 spiro atoms. The van der Waals surface area contributed by atoms with Crippen molar-refractivity contribution in [2.24, 2.45) is 5.92 Å². The number of aliphatic hydroxyl groups excluding tert-OH is 2. The molecule has 0 heterocycles. The van der Waals surface area contributed by atoms with Crippen molar-refractivity contribution in [3.05, 3.63) is 0 Å². The van der Waals surface area contributed by atoms with Crippen molar-refractivity contribution in [3.8, 4) is 0 Å². The highest BCUT2D eigenvalue weighted by atomic mass is 16.4. The molecule has 0 radical (unpaired) electrons. The second-order valence-electron chi connectivity index (χ2n) is 3.78. The summed E-state index contributed by atoms with van der Waals surface area (Å²) in [6, 6.07) is 0. The molecule has 0 aromatic rings. The van der Waals surface area contributed by atoms with Crippen LogP contribution >= 0.6 is 0 Å². The summed E-state index contributed by atoms with van der Waals surface area (Å²) in [4.78, 5) is 10.6. The van der Waals surface area contributed by atoms with Gasteiger partial charge in [0.1, 0.15) is 0 Å². The molecule has 0 aromatic carbocycles. The van der Waals surface area contributed by atoms with Gasteiger partial charge in [-0.3, -0.25) is 0 Å². The SMILES string of the molecule is C[C@H]1C[C@@](O)(C(=O)O)C[C@@H](O)[C@@H]1O. The number of carboxylic acid groups (broad SMARTS) is 1. The molecule has 5 nitrogen and oxygen atoms in total. The summed E-state index contributed by atoms with van der Waals surface area (Å²) in [5.41, 5.74) is -1.89. The lowest BCUT2D eigenvalue weighted by Crippen LogP contribution is -2.53. The number of carbonyl (C=O) groups is 1. The highest BCUT2D eigenvalue weighted by Crippen LogP contribution is 2.32. The summed E-state index contributed by atoms with van der Waals surface area (Å²) < 4.78 is 0. The van der Waals surface area contributed by atoms with Crippen molar-refractivity contribution in [3.63, 3.8) is 0 Å². The van der Waals surface area contributed by atoms with E-state index in [-0.39, 0.29) is 12.8 Å². The molecule has 1 fully saturated rings. The zero-order chi connectivity index (χ0) is 10.2. The fourth-order valence-corrected chi connectivity index (χ4v) is 1.76. The Kier molecular flexibility index (Phi) is 2.61. The average Bonchev–Trinajstić information content (AvgIpc) is 2.00. The lowest BCUT2D eigenvalue weighted by Gasteiger charge is -2.38. The van der Waals surface area contributed by atoms with Crippen LogP contribution in [0.2, 0.25) is 0 Å². The van der Waals surface area contributed by atoms with Crippen LogP contribution in [0.3, 0.4) is 0 Å². The van der Waals surface area contributed by atoms with Gasteiger partial charge in [-0.05, 0) is 12.3 Å². The Bertz CT molecular complexity index is 203. The van der Waals surface area contributed by atoms with E-state index < -0.39 is 29.7 Å². The van der Waals surface area contributed by atoms with E-state index in [0.717, 1.165) is 0 Å². The first-order chi connectivity index (χ1) is 5.87. The quantitative estimate of drug-likeness (QED) is 0.423. The smallest absolute Gasteiger partial charge is 0.335 e. The van der Waals surface area contributed by atoms with Gasteiger partial charge in [0, 0.05) is 6.42 Å². The number of hydrogen-bond acceptors (Lipinski definition) is 4. The molecular formula is C8H14O5. The van der Waals surface area contributed by atoms with Crippen LogP contribution in [0, 0.1) is 5.92 Å². The minimum Gasteiger partial charge on any atom is -0.479 e. The Morgan fingerprint density at radius 1 is 1.38 bits per heavy atom. The number of rotatable bonds is 1. The van der Waals surface area contributed by atoms with Crippen LogP contribution in [-0.4, -0.2) is 44.2 Å². The molecule has 13 heavy (non-hydrogen) atoms. The summed E-state index contributed by atoms with van der Waals surface area (Å²) >= 11 is 0. The molecule has 0 bridgehead atoms. The molecule has 76 valence electrons. The van der Waals surface area contributed by atoms with Gasteiger partial charge in [-0.1, -0.05) is 6.92 Å². The van der Waals surface area contributed by atoms with Crippen molar-refractivity contribution < 1.29 is 25.2 Å². The van der Waals surface area contributed by atoms with E-state index in [1.54, 1.807) is 6.92 Å². The van der Waals surface area contributed by atoms with Gasteiger partial charge in [-0.2, -0.15) is 0 Å². The van der Waals surface area contributed by atoms with Gasteiger partial charge in [-0.15, -0.1) is 0 Å². The zero-order valence-corrected chi connectivity index (χ0v) is 7.34. The highest BCUT2D eigenvalue weighted by molar-refractivity contribution is 5.77. The van der Waals surface area contributed by atoms with E-state index in [2.05, 4.69) is 0 Å². The van der Waals surface area contributed by atoms with Gasteiger partial charge in [0.05, 0.1) is 12.2 Å². The maximum Gasteiger partial charge on any atom is 0.335 e. The fourth-order valence-electron chi connectivity index (χ4n) is 1.76. The van der Waals surface area contributed by atoms with E-state index in [1.165, 1.54) is 0 Å². The third kappa shape index (κ3) is 1.82. The Balaban J connectivity index is 2.79. The van der Waals surface area contributed by atoms with Crippen LogP contribution in [0.15, 0.2) is 0 Å². The van der Waals surface area contributed by atoms with E-state index in [4.69, 9.17) is 5.11 Å². The molecular weight excluding hydrogens is 176 g/mol. The topological polar surface area (TPSA) is 98.0 Å². The predicted octanol–water partition coefficient (Wildman–Crippen LogP) is -1.05. The standard InChI is InChI=1S/C8H14O5/c1-4-2-8(13,7(11)12)3-5(9)6(4)10/h4-6,9-10,13H,2-3H2,1H3,(H,11,12)/t4-,5+,6+,8-/m0/s1. The molecule has 4 atom stereocenters. The van der Waals surface area contributed by atoms with Crippen LogP contribution in [0.4, 0.5) is 0 Å². The van der Waals surface area contributed by atoms with E-state index in [0.29, 0.717) is 0 Å². The van der Waals surface area contributed by atoms with E-state index >= 15 is 0 Å². The van der Waals surface area contributed by atoms with Crippen molar-refractivity contribution in [2.45, 2.75) is 37.6 Å². The van der Waals surface area contributed by atoms with Gasteiger partial charge < -0.3 is 20.4 Å². The Morgan fingerprint density at radius 2 is 1.92 bits per heavy atom. The first-order valence-electron chi connectivity index (χ1n) is 4.19. The van der Waals surface area contributed by atoms with Crippen molar-refractivity contribution in [2.75, 3.05) is 0 Å². The lowest BCUT2D eigenvalue weighted by atomic mass is 9.75. The first kappa shape index (κ1) is 10.4. The molecule has 0 saturated heterocycles. The number of hydrogen-bond donors (Lipinski definition) is 4. The summed E-state index contributed by atoms with van der Waals surface area (Å²) in [5.74, 6) is -1.75. The van der Waals surface area contributed by atoms with Crippen LogP contribution in [0.25, 0.3) is 0 Å². The molecule has 0 amide bonds. The van der Waals surface area contributed by atoms with Crippen LogP contribution in [0.5, 0.6) is 0 Å². The van der Waals surface area contributed by atoms with Crippen LogP contribution in [-0.2, 0) is 4.79 Å². The zero-order valence-electron chi connectivity index (χ0n) is 7.34.